The van der Waals surface area contributed by atoms with E-state index in [9.17, 15) is 19.5 Å². The number of nitrogens with zero attached hydrogens (tertiary/aromatic N) is 1. The molecule has 0 spiro atoms. The predicted molar refractivity (Wildman–Crippen MR) is 428 cm³/mol. The molecule has 0 amide bonds. The predicted octanol–water partition coefficient (Wildman–Crippen LogP) is 26.6. The maximum atomic E-state index is 13.0. The first-order chi connectivity index (χ1) is 48.6. The zero-order valence-corrected chi connectivity index (χ0v) is 64.9. The molecule has 0 aromatic heterocycles. The molecule has 1 N–H and O–H groups in total. The molecule has 2 atom stereocenters. The summed E-state index contributed by atoms with van der Waals surface area (Å²) >= 11 is 0. The number of quaternary nitrogens is 1. The lowest BCUT2D eigenvalue weighted by atomic mass is 10.0. The summed E-state index contributed by atoms with van der Waals surface area (Å²) < 4.78 is 23.0. The van der Waals surface area contributed by atoms with Gasteiger partial charge in [0.15, 0.2) is 6.10 Å². The van der Waals surface area contributed by atoms with Gasteiger partial charge in [0, 0.05) is 12.8 Å². The number of carboxylic acids is 1. The second-order valence-electron chi connectivity index (χ2n) is 28.3. The first kappa shape index (κ1) is 94.2. The lowest BCUT2D eigenvalue weighted by Gasteiger charge is -2.25. The summed E-state index contributed by atoms with van der Waals surface area (Å²) in [7, 11) is 5.98. The Balaban J connectivity index is 4.08. The molecule has 2 unspecified atom stereocenters. The van der Waals surface area contributed by atoms with Crippen LogP contribution >= 0.6 is 0 Å². The smallest absolute Gasteiger partial charge is 0.361 e. The number of likely N-dealkylation sites (N-methyl/N-ethyl adjacent to an activating group) is 1. The Morgan fingerprint density at radius 3 is 0.859 bits per heavy atom. The van der Waals surface area contributed by atoms with E-state index in [1.807, 2.05) is 21.1 Å². The van der Waals surface area contributed by atoms with E-state index in [4.69, 9.17) is 18.9 Å². The van der Waals surface area contributed by atoms with Gasteiger partial charge in [0.25, 0.3) is 6.29 Å². The molecule has 0 aliphatic carbocycles. The molecule has 0 rings (SSSR count). The van der Waals surface area contributed by atoms with Gasteiger partial charge in [-0.25, -0.2) is 4.79 Å². The summed E-state index contributed by atoms with van der Waals surface area (Å²) in [5.74, 6) is -2.02. The normalized spacial score (nSPS) is 13.4. The van der Waals surface area contributed by atoms with Crippen molar-refractivity contribution in [3.8, 4) is 0 Å². The van der Waals surface area contributed by atoms with Crippen LogP contribution in [0.5, 0.6) is 0 Å². The largest absolute Gasteiger partial charge is 0.477 e. The second kappa shape index (κ2) is 78.9. The summed E-state index contributed by atoms with van der Waals surface area (Å²) in [5.41, 5.74) is 0. The standard InChI is InChI=1S/C90H153NO8/c1-6-8-10-12-14-16-18-20-22-24-26-28-30-32-34-36-38-40-42-44-46-48-50-52-54-56-58-60-62-64-66-68-70-72-74-76-78-80-87(92)97-84-86(85-98-90(89(94)95)96-83-82-91(3,4)5)99-88(93)81-79-77-75-73-71-69-67-65-63-61-59-57-55-53-51-49-47-45-43-41-39-37-35-33-31-29-27-25-23-21-19-17-15-13-11-9-7-2/h9,11,15,17-18,20-21,23-24,26-27,29,33,35,39,41,45,47,51,53,57,59,63,65,86,90H,6-8,10,12-14,16,19,22,25,28,30-32,34,36-38,40,42-44,46,48-50,52,54-56,58,60-62,64,66-85H2,1-5H3/p+1/b11-9-,17-15-,20-18-,23-21-,26-24-,29-27-,35-33-,41-39-,47-45-,53-51-,59-57-,65-63-. The number of carbonyl (C=O) groups excluding carboxylic acids is 2. The van der Waals surface area contributed by atoms with Crippen LogP contribution in [-0.2, 0) is 33.3 Å². The zero-order chi connectivity index (χ0) is 71.8. The van der Waals surface area contributed by atoms with Crippen molar-refractivity contribution in [3.05, 3.63) is 146 Å². The Bertz CT molecular complexity index is 2150. The van der Waals surface area contributed by atoms with E-state index in [-0.39, 0.29) is 32.2 Å². The number of carboxylic acid groups (broad SMARTS) is 1. The molecule has 0 aliphatic rings. The lowest BCUT2D eigenvalue weighted by Crippen LogP contribution is -2.40. The Morgan fingerprint density at radius 2 is 0.576 bits per heavy atom. The molecule has 0 bridgehead atoms. The van der Waals surface area contributed by atoms with Crippen molar-refractivity contribution < 1.29 is 42.9 Å². The fourth-order valence-corrected chi connectivity index (χ4v) is 11.4. The average molecular weight is 1380 g/mol. The first-order valence-electron chi connectivity index (χ1n) is 41.0. The molecule has 9 nitrogen and oxygen atoms in total. The fourth-order valence-electron chi connectivity index (χ4n) is 11.4. The summed E-state index contributed by atoms with van der Waals surface area (Å²) in [5, 5.41) is 9.78. The van der Waals surface area contributed by atoms with Crippen molar-refractivity contribution in [1.29, 1.82) is 0 Å². The molecule has 9 heteroatoms. The number of carbonyl (C=O) groups is 3. The molecule has 0 aliphatic heterocycles. The van der Waals surface area contributed by atoms with Crippen LogP contribution in [0.15, 0.2) is 146 Å². The minimum absolute atomic E-state index is 0.179. The van der Waals surface area contributed by atoms with Crippen LogP contribution in [-0.4, -0.2) is 87.4 Å². The number of rotatable bonds is 75. The van der Waals surface area contributed by atoms with Crippen LogP contribution in [0.3, 0.4) is 0 Å². The summed E-state index contributed by atoms with van der Waals surface area (Å²) in [6.07, 6.45) is 113. The van der Waals surface area contributed by atoms with Crippen LogP contribution in [0, 0.1) is 0 Å². The van der Waals surface area contributed by atoms with Gasteiger partial charge in [0.1, 0.15) is 13.2 Å². The molecule has 0 aromatic carbocycles. The molecular weight excluding hydrogens is 1220 g/mol. The molecule has 0 saturated heterocycles. The number of hydrogen-bond acceptors (Lipinski definition) is 7. The number of allylic oxidation sites excluding steroid dienone is 24. The Morgan fingerprint density at radius 1 is 0.313 bits per heavy atom. The van der Waals surface area contributed by atoms with Crippen LogP contribution in [0.1, 0.15) is 348 Å². The van der Waals surface area contributed by atoms with E-state index in [1.165, 1.54) is 186 Å². The summed E-state index contributed by atoms with van der Waals surface area (Å²) in [6, 6.07) is 0. The first-order valence-corrected chi connectivity index (χ1v) is 41.0. The minimum atomic E-state index is -1.52. The summed E-state index contributed by atoms with van der Waals surface area (Å²) in [4.78, 5) is 37.8. The quantitative estimate of drug-likeness (QED) is 0.0211. The van der Waals surface area contributed by atoms with Crippen LogP contribution in [0.25, 0.3) is 0 Å². The zero-order valence-electron chi connectivity index (χ0n) is 64.9. The molecule has 0 fully saturated rings. The van der Waals surface area contributed by atoms with Gasteiger partial charge in [-0.2, -0.15) is 0 Å². The van der Waals surface area contributed by atoms with Crippen molar-refractivity contribution >= 4 is 17.9 Å². The molecule has 0 saturated carbocycles. The highest BCUT2D eigenvalue weighted by molar-refractivity contribution is 5.71. The number of ether oxygens (including phenoxy) is 4. The summed E-state index contributed by atoms with van der Waals surface area (Å²) in [6.45, 7) is 4.76. The number of hydrogen-bond donors (Lipinski definition) is 1. The number of unbranched alkanes of at least 4 members (excludes halogenated alkanes) is 36. The van der Waals surface area contributed by atoms with Crippen molar-refractivity contribution in [2.45, 2.75) is 360 Å². The Kier molecular flexibility index (Phi) is 75.0. The maximum Gasteiger partial charge on any atom is 0.361 e. The molecule has 0 radical (unpaired) electrons. The third-order valence-corrected chi connectivity index (χ3v) is 17.6. The van der Waals surface area contributed by atoms with Crippen LogP contribution in [0.4, 0.5) is 0 Å². The third-order valence-electron chi connectivity index (χ3n) is 17.6. The van der Waals surface area contributed by atoms with Gasteiger partial charge in [-0.3, -0.25) is 9.59 Å². The second-order valence-corrected chi connectivity index (χ2v) is 28.3. The van der Waals surface area contributed by atoms with Gasteiger partial charge in [-0.05, 0) is 122 Å². The molecule has 0 heterocycles. The average Bonchev–Trinajstić information content (AvgIpc) is 2.19. The van der Waals surface area contributed by atoms with Gasteiger partial charge in [-0.1, -0.05) is 359 Å². The van der Waals surface area contributed by atoms with E-state index < -0.39 is 24.3 Å². The fraction of sp³-hybridized carbons (Fsp3) is 0.700. The van der Waals surface area contributed by atoms with Gasteiger partial charge in [0.05, 0.1) is 34.4 Å². The van der Waals surface area contributed by atoms with E-state index >= 15 is 0 Å². The van der Waals surface area contributed by atoms with Gasteiger partial charge < -0.3 is 28.5 Å². The molecule has 99 heavy (non-hydrogen) atoms. The van der Waals surface area contributed by atoms with E-state index in [2.05, 4.69) is 160 Å². The van der Waals surface area contributed by atoms with Gasteiger partial charge >= 0.3 is 17.9 Å². The molecule has 0 aromatic rings. The minimum Gasteiger partial charge on any atom is -0.477 e. The molecule has 566 valence electrons. The number of aliphatic carboxylic acids is 1. The van der Waals surface area contributed by atoms with Crippen molar-refractivity contribution in [1.82, 2.24) is 0 Å². The van der Waals surface area contributed by atoms with Crippen molar-refractivity contribution in [2.24, 2.45) is 0 Å². The maximum absolute atomic E-state index is 13.0. The van der Waals surface area contributed by atoms with E-state index in [1.54, 1.807) is 0 Å². The highest BCUT2D eigenvalue weighted by Gasteiger charge is 2.25. The number of esters is 2. The molecular formula is C90H154NO8+. The third kappa shape index (κ3) is 80.4. The lowest BCUT2D eigenvalue weighted by molar-refractivity contribution is -0.870. The van der Waals surface area contributed by atoms with E-state index in [0.29, 0.717) is 23.9 Å². The van der Waals surface area contributed by atoms with Crippen LogP contribution in [0.2, 0.25) is 0 Å². The SMILES string of the molecule is CC/C=C\C/C=C\C/C=C\C/C=C\C/C=C\C/C=C\C/C=C\C/C=C\C/C=C\C/C=C\CCCCCCCCC(=O)OC(COC(=O)CCCCCCCCCCCCCCCCCCCCCCCCCCC/C=C\C/C=C\CCCCCCC)COC(OCC[N+](C)(C)C)C(=O)O. The highest BCUT2D eigenvalue weighted by atomic mass is 16.7. The Hall–Kier alpha value is -4.83. The Labute approximate surface area is 611 Å². The van der Waals surface area contributed by atoms with Crippen LogP contribution < -0.4 is 0 Å². The highest BCUT2D eigenvalue weighted by Crippen LogP contribution is 2.18. The van der Waals surface area contributed by atoms with Gasteiger partial charge in [-0.15, -0.1) is 0 Å². The topological polar surface area (TPSA) is 108 Å². The van der Waals surface area contributed by atoms with Gasteiger partial charge in [0.2, 0.25) is 0 Å². The van der Waals surface area contributed by atoms with Crippen molar-refractivity contribution in [3.63, 3.8) is 0 Å². The van der Waals surface area contributed by atoms with E-state index in [0.717, 1.165) is 128 Å². The monoisotopic (exact) mass is 1380 g/mol. The van der Waals surface area contributed by atoms with Crippen molar-refractivity contribution in [2.75, 3.05) is 47.5 Å².